The van der Waals surface area contributed by atoms with Crippen LogP contribution in [-0.4, -0.2) is 23.2 Å². The normalized spacial score (nSPS) is 11.4. The molecule has 1 aromatic rings. The van der Waals surface area contributed by atoms with Gasteiger partial charge in [-0.2, -0.15) is 0 Å². The molecule has 94 valence electrons. The molecule has 1 rings (SSSR count). The molecule has 0 aliphatic rings. The number of carbonyl (C=O) groups is 1. The van der Waals surface area contributed by atoms with Crippen LogP contribution in [0, 0.1) is 18.6 Å². The van der Waals surface area contributed by atoms with Gasteiger partial charge in [0.15, 0.2) is 0 Å². The fourth-order valence-electron chi connectivity index (χ4n) is 1.22. The van der Waals surface area contributed by atoms with E-state index in [1.807, 2.05) is 0 Å². The lowest BCUT2D eigenvalue weighted by atomic mass is 10.1. The van der Waals surface area contributed by atoms with Gasteiger partial charge in [-0.05, 0) is 32.4 Å². The van der Waals surface area contributed by atoms with Crippen LogP contribution in [0.2, 0.25) is 0 Å². The highest BCUT2D eigenvalue weighted by atomic mass is 19.1. The molecule has 0 aliphatic carbocycles. The molecule has 1 aromatic carbocycles. The quantitative estimate of drug-likeness (QED) is 0.850. The van der Waals surface area contributed by atoms with Crippen LogP contribution in [0.3, 0.4) is 0 Å². The third-order valence-corrected chi connectivity index (χ3v) is 2.17. The highest BCUT2D eigenvalue weighted by Crippen LogP contribution is 2.14. The molecule has 5 heteroatoms. The van der Waals surface area contributed by atoms with E-state index in [2.05, 4.69) is 5.32 Å². The monoisotopic (exact) mass is 243 g/mol. The van der Waals surface area contributed by atoms with Crippen LogP contribution in [0.4, 0.5) is 8.78 Å². The molecule has 0 unspecified atom stereocenters. The summed E-state index contributed by atoms with van der Waals surface area (Å²) in [5.74, 6) is -2.28. The summed E-state index contributed by atoms with van der Waals surface area (Å²) in [5.41, 5.74) is -1.12. The van der Waals surface area contributed by atoms with Crippen molar-refractivity contribution < 1.29 is 18.7 Å². The van der Waals surface area contributed by atoms with Gasteiger partial charge >= 0.3 is 0 Å². The minimum absolute atomic E-state index is 0.0122. The molecule has 0 aliphatic heterocycles. The number of rotatable bonds is 3. The summed E-state index contributed by atoms with van der Waals surface area (Å²) in [6.07, 6.45) is 0. The maximum Gasteiger partial charge on any atom is 0.254 e. The number of halogens is 2. The van der Waals surface area contributed by atoms with E-state index < -0.39 is 23.1 Å². The molecule has 0 radical (unpaired) electrons. The van der Waals surface area contributed by atoms with Gasteiger partial charge in [0.05, 0.1) is 11.2 Å². The molecular weight excluding hydrogens is 228 g/mol. The van der Waals surface area contributed by atoms with Crippen molar-refractivity contribution in [1.29, 1.82) is 0 Å². The first-order chi connectivity index (χ1) is 7.70. The van der Waals surface area contributed by atoms with Crippen molar-refractivity contribution in [3.8, 4) is 0 Å². The van der Waals surface area contributed by atoms with E-state index in [4.69, 9.17) is 0 Å². The predicted octanol–water partition coefficient (Wildman–Crippen LogP) is 1.77. The van der Waals surface area contributed by atoms with Crippen molar-refractivity contribution >= 4 is 5.91 Å². The molecule has 0 aromatic heterocycles. The molecule has 0 fully saturated rings. The topological polar surface area (TPSA) is 49.3 Å². The first-order valence-electron chi connectivity index (χ1n) is 5.17. The first-order valence-corrected chi connectivity index (χ1v) is 5.17. The van der Waals surface area contributed by atoms with E-state index in [1.54, 1.807) is 0 Å². The maximum absolute atomic E-state index is 13.3. The minimum atomic E-state index is -1.08. The molecule has 3 nitrogen and oxygen atoms in total. The second kappa shape index (κ2) is 4.79. The summed E-state index contributed by atoms with van der Waals surface area (Å²) in [5, 5.41) is 11.8. The molecule has 0 atom stereocenters. The Balaban J connectivity index is 2.86. The standard InChI is InChI=1S/C12H15F2NO2/c1-7-4-8(10(14)5-9(7)13)11(16)15-6-12(2,3)17/h4-5,17H,6H2,1-3H3,(H,15,16). The number of benzene rings is 1. The first kappa shape index (κ1) is 13.6. The lowest BCUT2D eigenvalue weighted by Crippen LogP contribution is -2.38. The number of carbonyl (C=O) groups excluding carboxylic acids is 1. The van der Waals surface area contributed by atoms with Crippen LogP contribution < -0.4 is 5.32 Å². The Kier molecular flexibility index (Phi) is 3.83. The second-order valence-electron chi connectivity index (χ2n) is 4.58. The van der Waals surface area contributed by atoms with Gasteiger partial charge in [0.25, 0.3) is 5.91 Å². The van der Waals surface area contributed by atoms with Crippen molar-refractivity contribution in [2.75, 3.05) is 6.54 Å². The van der Waals surface area contributed by atoms with E-state index >= 15 is 0 Å². The Hall–Kier alpha value is -1.49. The van der Waals surface area contributed by atoms with Crippen molar-refractivity contribution in [2.45, 2.75) is 26.4 Å². The largest absolute Gasteiger partial charge is 0.389 e. The van der Waals surface area contributed by atoms with Crippen LogP contribution in [0.1, 0.15) is 29.8 Å². The SMILES string of the molecule is Cc1cc(C(=O)NCC(C)(C)O)c(F)cc1F. The Morgan fingerprint density at radius 3 is 2.47 bits per heavy atom. The maximum atomic E-state index is 13.3. The number of nitrogens with one attached hydrogen (secondary N) is 1. The molecular formula is C12H15F2NO2. The van der Waals surface area contributed by atoms with Crippen LogP contribution >= 0.6 is 0 Å². The summed E-state index contributed by atoms with van der Waals surface area (Å²) in [6, 6.07) is 1.82. The zero-order valence-corrected chi connectivity index (χ0v) is 9.97. The lowest BCUT2D eigenvalue weighted by Gasteiger charge is -2.17. The van der Waals surface area contributed by atoms with Crippen molar-refractivity contribution in [3.05, 3.63) is 34.9 Å². The molecule has 1 amide bonds. The average molecular weight is 243 g/mol. The van der Waals surface area contributed by atoms with E-state index in [9.17, 15) is 18.7 Å². The molecule has 2 N–H and O–H groups in total. The molecule has 0 saturated heterocycles. The number of amides is 1. The third kappa shape index (κ3) is 3.78. The molecule has 0 spiro atoms. The highest BCUT2D eigenvalue weighted by molar-refractivity contribution is 5.94. The van der Waals surface area contributed by atoms with Crippen molar-refractivity contribution in [2.24, 2.45) is 0 Å². The van der Waals surface area contributed by atoms with Gasteiger partial charge in [-0.25, -0.2) is 8.78 Å². The van der Waals surface area contributed by atoms with Gasteiger partial charge in [-0.1, -0.05) is 0 Å². The second-order valence-corrected chi connectivity index (χ2v) is 4.58. The fraction of sp³-hybridized carbons (Fsp3) is 0.417. The van der Waals surface area contributed by atoms with Gasteiger partial charge in [0, 0.05) is 12.6 Å². The van der Waals surface area contributed by atoms with Gasteiger partial charge in [-0.3, -0.25) is 4.79 Å². The van der Waals surface area contributed by atoms with Crippen LogP contribution in [0.15, 0.2) is 12.1 Å². The zero-order valence-electron chi connectivity index (χ0n) is 9.97. The van der Waals surface area contributed by atoms with Gasteiger partial charge < -0.3 is 10.4 Å². The lowest BCUT2D eigenvalue weighted by molar-refractivity contribution is 0.0692. The molecule has 0 bridgehead atoms. The average Bonchev–Trinajstić information content (AvgIpc) is 2.19. The molecule has 17 heavy (non-hydrogen) atoms. The van der Waals surface area contributed by atoms with Crippen LogP contribution in [0.25, 0.3) is 0 Å². The van der Waals surface area contributed by atoms with Crippen molar-refractivity contribution in [3.63, 3.8) is 0 Å². The Bertz CT molecular complexity index is 439. The number of hydrogen-bond donors (Lipinski definition) is 2. The van der Waals surface area contributed by atoms with Gasteiger partial charge in [0.2, 0.25) is 0 Å². The Morgan fingerprint density at radius 2 is 1.94 bits per heavy atom. The van der Waals surface area contributed by atoms with E-state index in [1.165, 1.54) is 20.8 Å². The van der Waals surface area contributed by atoms with E-state index in [0.717, 1.165) is 6.07 Å². The fourth-order valence-corrected chi connectivity index (χ4v) is 1.22. The zero-order chi connectivity index (χ0) is 13.2. The minimum Gasteiger partial charge on any atom is -0.389 e. The molecule has 0 saturated carbocycles. The summed E-state index contributed by atoms with van der Waals surface area (Å²) in [6.45, 7) is 4.46. The number of aliphatic hydroxyl groups is 1. The van der Waals surface area contributed by atoms with E-state index in [0.29, 0.717) is 6.07 Å². The Morgan fingerprint density at radius 1 is 1.35 bits per heavy atom. The summed E-state index contributed by atoms with van der Waals surface area (Å²) in [4.78, 5) is 11.6. The van der Waals surface area contributed by atoms with E-state index in [-0.39, 0.29) is 17.7 Å². The number of hydrogen-bond acceptors (Lipinski definition) is 2. The third-order valence-electron chi connectivity index (χ3n) is 2.17. The van der Waals surface area contributed by atoms with Gasteiger partial charge in [0.1, 0.15) is 11.6 Å². The Labute approximate surface area is 98.5 Å². The van der Waals surface area contributed by atoms with Crippen molar-refractivity contribution in [1.82, 2.24) is 5.32 Å². The summed E-state index contributed by atoms with van der Waals surface area (Å²) >= 11 is 0. The van der Waals surface area contributed by atoms with Gasteiger partial charge in [-0.15, -0.1) is 0 Å². The van der Waals surface area contributed by atoms with Crippen LogP contribution in [-0.2, 0) is 0 Å². The molecule has 0 heterocycles. The summed E-state index contributed by atoms with van der Waals surface area (Å²) < 4.78 is 26.3. The highest BCUT2D eigenvalue weighted by Gasteiger charge is 2.18. The van der Waals surface area contributed by atoms with Crippen LogP contribution in [0.5, 0.6) is 0 Å². The summed E-state index contributed by atoms with van der Waals surface area (Å²) in [7, 11) is 0. The number of aryl methyl sites for hydroxylation is 1. The predicted molar refractivity (Wildman–Crippen MR) is 59.7 cm³/mol. The smallest absolute Gasteiger partial charge is 0.254 e.